The van der Waals surface area contributed by atoms with Gasteiger partial charge < -0.3 is 9.92 Å². The van der Waals surface area contributed by atoms with Crippen molar-refractivity contribution in [2.45, 2.75) is 4.90 Å². The van der Waals surface area contributed by atoms with Crippen LogP contribution in [0.1, 0.15) is 0 Å². The van der Waals surface area contributed by atoms with Crippen molar-refractivity contribution in [1.82, 2.24) is 4.98 Å². The van der Waals surface area contributed by atoms with Crippen LogP contribution in [-0.4, -0.2) is 13.4 Å². The number of fused-ring (bicyclic) bond motifs is 1. The van der Waals surface area contributed by atoms with E-state index in [0.29, 0.717) is 0 Å². The molecule has 0 radical (unpaired) electrons. The van der Waals surface area contributed by atoms with Crippen molar-refractivity contribution in [3.8, 4) is 5.75 Å². The summed E-state index contributed by atoms with van der Waals surface area (Å²) >= 11 is 13.1. The zero-order valence-electron chi connectivity index (χ0n) is 10.8. The molecule has 0 saturated heterocycles. The Labute approximate surface area is 140 Å². The number of nitrogens with two attached hydrogens (primary N) is 1. The minimum atomic E-state index is -4.17. The molecule has 1 heterocycles. The number of aromatic nitrogens is 1. The van der Waals surface area contributed by atoms with Gasteiger partial charge in [-0.2, -0.15) is 8.42 Å². The second-order valence-electron chi connectivity index (χ2n) is 4.33. The number of nitrogen functional groups attached to an aromatic ring is 1. The molecule has 5 nitrogen and oxygen atoms in total. The van der Waals surface area contributed by atoms with Gasteiger partial charge in [0.25, 0.3) is 0 Å². The zero-order valence-corrected chi connectivity index (χ0v) is 13.9. The molecule has 2 N–H and O–H groups in total. The van der Waals surface area contributed by atoms with Gasteiger partial charge in [0.2, 0.25) is 0 Å². The normalized spacial score (nSPS) is 11.7. The van der Waals surface area contributed by atoms with Crippen molar-refractivity contribution in [3.63, 3.8) is 0 Å². The van der Waals surface area contributed by atoms with E-state index in [2.05, 4.69) is 4.98 Å². The summed E-state index contributed by atoms with van der Waals surface area (Å²) in [4.78, 5) is 3.81. The summed E-state index contributed by atoms with van der Waals surface area (Å²) in [5.74, 6) is 0.155. The van der Waals surface area contributed by atoms with Crippen LogP contribution in [0.5, 0.6) is 5.75 Å². The van der Waals surface area contributed by atoms with E-state index in [1.54, 1.807) is 17.6 Å². The van der Waals surface area contributed by atoms with E-state index in [1.807, 2.05) is 0 Å². The molecule has 0 spiro atoms. The van der Waals surface area contributed by atoms with Crippen LogP contribution in [0.4, 0.5) is 5.69 Å². The molecule has 22 heavy (non-hydrogen) atoms. The highest BCUT2D eigenvalue weighted by Gasteiger charge is 2.24. The molecule has 0 amide bonds. The lowest BCUT2D eigenvalue weighted by Crippen LogP contribution is -2.12. The Morgan fingerprint density at radius 3 is 2.68 bits per heavy atom. The summed E-state index contributed by atoms with van der Waals surface area (Å²) in [6.45, 7) is 0. The Morgan fingerprint density at radius 1 is 1.18 bits per heavy atom. The van der Waals surface area contributed by atoms with Gasteiger partial charge in [0.05, 0.1) is 26.4 Å². The highest BCUT2D eigenvalue weighted by Crippen LogP contribution is 2.33. The summed E-state index contributed by atoms with van der Waals surface area (Å²) < 4.78 is 30.7. The van der Waals surface area contributed by atoms with Crippen molar-refractivity contribution < 1.29 is 12.6 Å². The van der Waals surface area contributed by atoms with Crippen LogP contribution in [-0.2, 0) is 10.1 Å². The van der Waals surface area contributed by atoms with Crippen molar-refractivity contribution in [3.05, 3.63) is 45.9 Å². The first-order chi connectivity index (χ1) is 10.4. The van der Waals surface area contributed by atoms with Gasteiger partial charge in [0.1, 0.15) is 10.6 Å². The molecule has 1 aromatic heterocycles. The van der Waals surface area contributed by atoms with E-state index in [0.717, 1.165) is 10.2 Å². The number of nitrogens with zero attached hydrogens (tertiary/aromatic N) is 1. The fraction of sp³-hybridized carbons (Fsp3) is 0. The Morgan fingerprint density at radius 2 is 1.95 bits per heavy atom. The minimum absolute atomic E-state index is 0.0728. The van der Waals surface area contributed by atoms with Crippen molar-refractivity contribution in [1.29, 1.82) is 0 Å². The average molecular weight is 375 g/mol. The summed E-state index contributed by atoms with van der Waals surface area (Å²) in [5, 5.41) is 0.149. The van der Waals surface area contributed by atoms with Crippen LogP contribution in [0.3, 0.4) is 0 Å². The minimum Gasteiger partial charge on any atom is -0.397 e. The largest absolute Gasteiger partial charge is 0.397 e. The number of rotatable bonds is 3. The zero-order chi connectivity index (χ0) is 15.9. The maximum Gasteiger partial charge on any atom is 0.342 e. The number of hydrogen-bond acceptors (Lipinski definition) is 6. The van der Waals surface area contributed by atoms with Gasteiger partial charge in [-0.3, -0.25) is 0 Å². The van der Waals surface area contributed by atoms with Crippen molar-refractivity contribution >= 4 is 60.6 Å². The van der Waals surface area contributed by atoms with Crippen LogP contribution in [0.15, 0.2) is 40.7 Å². The molecule has 2 aromatic carbocycles. The molecule has 0 aliphatic rings. The monoisotopic (exact) mass is 374 g/mol. The Hall–Kier alpha value is -1.54. The first-order valence-corrected chi connectivity index (χ1v) is 8.93. The van der Waals surface area contributed by atoms with Gasteiger partial charge in [0, 0.05) is 11.1 Å². The van der Waals surface area contributed by atoms with E-state index in [1.165, 1.54) is 29.5 Å². The number of benzene rings is 2. The first kappa shape index (κ1) is 15.4. The van der Waals surface area contributed by atoms with Gasteiger partial charge in [-0.15, -0.1) is 11.3 Å². The SMILES string of the molecule is Nc1cc(Cl)cc(Cl)c1S(=O)(=O)Oc1ccc2ncsc2c1. The first-order valence-electron chi connectivity index (χ1n) is 5.89. The molecule has 0 aliphatic heterocycles. The third-order valence-corrected chi connectivity index (χ3v) is 5.58. The molecule has 0 bridgehead atoms. The van der Waals surface area contributed by atoms with Gasteiger partial charge >= 0.3 is 10.1 Å². The van der Waals surface area contributed by atoms with E-state index < -0.39 is 10.1 Å². The molecule has 0 atom stereocenters. The van der Waals surface area contributed by atoms with Gasteiger partial charge in [-0.05, 0) is 24.3 Å². The van der Waals surface area contributed by atoms with E-state index in [-0.39, 0.29) is 26.4 Å². The lowest BCUT2D eigenvalue weighted by atomic mass is 10.3. The van der Waals surface area contributed by atoms with Crippen LogP contribution in [0.25, 0.3) is 10.2 Å². The third-order valence-electron chi connectivity index (χ3n) is 2.80. The average Bonchev–Trinajstić information content (AvgIpc) is 2.83. The number of anilines is 1. The molecular weight excluding hydrogens is 367 g/mol. The predicted molar refractivity (Wildman–Crippen MR) is 88.3 cm³/mol. The Bertz CT molecular complexity index is 947. The lowest BCUT2D eigenvalue weighted by molar-refractivity contribution is 0.487. The van der Waals surface area contributed by atoms with Gasteiger partial charge in [-0.1, -0.05) is 23.2 Å². The molecule has 3 aromatic rings. The predicted octanol–water partition coefficient (Wildman–Crippen LogP) is 3.95. The molecule has 0 aliphatic carbocycles. The van der Waals surface area contributed by atoms with Gasteiger partial charge in [-0.25, -0.2) is 4.98 Å². The van der Waals surface area contributed by atoms with Crippen molar-refractivity contribution in [2.24, 2.45) is 0 Å². The van der Waals surface area contributed by atoms with Crippen LogP contribution in [0.2, 0.25) is 10.0 Å². The molecule has 9 heteroatoms. The highest BCUT2D eigenvalue weighted by atomic mass is 35.5. The van der Waals surface area contributed by atoms with E-state index in [4.69, 9.17) is 33.1 Å². The second-order valence-corrected chi connectivity index (χ2v) is 7.54. The smallest absolute Gasteiger partial charge is 0.342 e. The summed E-state index contributed by atoms with van der Waals surface area (Å²) in [6.07, 6.45) is 0. The number of halogens is 2. The number of hydrogen-bond donors (Lipinski definition) is 1. The molecule has 0 fully saturated rings. The second kappa shape index (κ2) is 5.58. The maximum absolute atomic E-state index is 12.4. The quantitative estimate of drug-likeness (QED) is 0.554. The van der Waals surface area contributed by atoms with E-state index >= 15 is 0 Å². The topological polar surface area (TPSA) is 82.3 Å². The summed E-state index contributed by atoms with van der Waals surface area (Å²) in [7, 11) is -4.17. The van der Waals surface area contributed by atoms with Crippen molar-refractivity contribution in [2.75, 3.05) is 5.73 Å². The third kappa shape index (κ3) is 2.85. The molecule has 3 rings (SSSR count). The van der Waals surface area contributed by atoms with Crippen LogP contribution >= 0.6 is 34.5 Å². The van der Waals surface area contributed by atoms with Crippen LogP contribution < -0.4 is 9.92 Å². The summed E-state index contributed by atoms with van der Waals surface area (Å²) in [5.41, 5.74) is 8.05. The Kier molecular flexibility index (Phi) is 3.90. The highest BCUT2D eigenvalue weighted by molar-refractivity contribution is 7.87. The summed E-state index contributed by atoms with van der Waals surface area (Å²) in [6, 6.07) is 7.37. The fourth-order valence-corrected chi connectivity index (χ4v) is 4.48. The molecular formula is C13H8Cl2N2O3S2. The Balaban J connectivity index is 2.03. The maximum atomic E-state index is 12.4. The fourth-order valence-electron chi connectivity index (χ4n) is 1.90. The molecule has 114 valence electrons. The van der Waals surface area contributed by atoms with Crippen LogP contribution in [0, 0.1) is 0 Å². The number of thiazole rings is 1. The molecule has 0 saturated carbocycles. The lowest BCUT2D eigenvalue weighted by Gasteiger charge is -2.11. The standard InChI is InChI=1S/C13H8Cl2N2O3S2/c14-7-3-9(15)13(10(16)4-7)22(18,19)20-8-1-2-11-12(5-8)21-6-17-11/h1-6H,16H2. The molecule has 0 unspecified atom stereocenters. The van der Waals surface area contributed by atoms with E-state index in [9.17, 15) is 8.42 Å². The van der Waals surface area contributed by atoms with Gasteiger partial charge in [0.15, 0.2) is 0 Å².